The summed E-state index contributed by atoms with van der Waals surface area (Å²) in [7, 11) is 2.11. The maximum atomic E-state index is 5.72. The minimum Gasteiger partial charge on any atom is -0.474 e. The number of anilines is 1. The molecule has 2 N–H and O–H groups in total. The van der Waals surface area contributed by atoms with E-state index in [0.29, 0.717) is 24.2 Å². The highest BCUT2D eigenvalue weighted by atomic mass is 35.5. The molecule has 1 aromatic heterocycles. The zero-order valence-electron chi connectivity index (χ0n) is 9.90. The van der Waals surface area contributed by atoms with Crippen LogP contribution in [-0.4, -0.2) is 41.1 Å². The van der Waals surface area contributed by atoms with Gasteiger partial charge in [-0.25, -0.2) is 4.98 Å². The molecule has 0 aliphatic carbocycles. The summed E-state index contributed by atoms with van der Waals surface area (Å²) in [5.74, 6) is 0.379. The predicted molar refractivity (Wildman–Crippen MR) is 67.2 cm³/mol. The monoisotopic (exact) mass is 256 g/mol. The Morgan fingerprint density at radius 3 is 3.18 bits per heavy atom. The second-order valence-electron chi connectivity index (χ2n) is 4.34. The van der Waals surface area contributed by atoms with Crippen LogP contribution in [0.1, 0.15) is 19.3 Å². The van der Waals surface area contributed by atoms with Crippen molar-refractivity contribution in [2.75, 3.05) is 25.9 Å². The smallest absolute Gasteiger partial charge is 0.241 e. The summed E-state index contributed by atoms with van der Waals surface area (Å²) < 4.78 is 5.63. The first-order valence-electron chi connectivity index (χ1n) is 5.78. The van der Waals surface area contributed by atoms with Crippen molar-refractivity contribution >= 4 is 17.3 Å². The van der Waals surface area contributed by atoms with Crippen molar-refractivity contribution < 1.29 is 4.74 Å². The Morgan fingerprint density at radius 2 is 2.41 bits per heavy atom. The summed E-state index contributed by atoms with van der Waals surface area (Å²) in [6.45, 7) is 1.71. The van der Waals surface area contributed by atoms with Crippen LogP contribution in [0, 0.1) is 0 Å². The van der Waals surface area contributed by atoms with Gasteiger partial charge in [-0.3, -0.25) is 0 Å². The molecule has 17 heavy (non-hydrogen) atoms. The van der Waals surface area contributed by atoms with Crippen LogP contribution in [0.3, 0.4) is 0 Å². The van der Waals surface area contributed by atoms with Crippen molar-refractivity contribution in [1.82, 2.24) is 14.9 Å². The van der Waals surface area contributed by atoms with E-state index in [1.54, 1.807) is 0 Å². The van der Waals surface area contributed by atoms with Crippen molar-refractivity contribution in [3.05, 3.63) is 11.5 Å². The van der Waals surface area contributed by atoms with Crippen LogP contribution in [0.4, 0.5) is 5.69 Å². The Hall–Kier alpha value is -1.07. The van der Waals surface area contributed by atoms with Gasteiger partial charge >= 0.3 is 0 Å². The SMILES string of the molecule is CN1CCCCC1COc1nc(Cl)ncc1N. The second-order valence-corrected chi connectivity index (χ2v) is 4.68. The van der Waals surface area contributed by atoms with Crippen LogP contribution in [0.25, 0.3) is 0 Å². The lowest BCUT2D eigenvalue weighted by atomic mass is 10.0. The highest BCUT2D eigenvalue weighted by molar-refractivity contribution is 6.28. The summed E-state index contributed by atoms with van der Waals surface area (Å²) in [5.41, 5.74) is 6.14. The highest BCUT2D eigenvalue weighted by Crippen LogP contribution is 2.21. The molecule has 6 heteroatoms. The van der Waals surface area contributed by atoms with Gasteiger partial charge in [0.1, 0.15) is 12.3 Å². The fourth-order valence-corrected chi connectivity index (χ4v) is 2.13. The number of ether oxygens (including phenoxy) is 1. The average molecular weight is 257 g/mol. The molecule has 1 saturated heterocycles. The van der Waals surface area contributed by atoms with Gasteiger partial charge in [-0.05, 0) is 38.0 Å². The topological polar surface area (TPSA) is 64.3 Å². The molecule has 94 valence electrons. The first kappa shape index (κ1) is 12.4. The molecule has 0 bridgehead atoms. The molecule has 0 aromatic carbocycles. The molecule has 1 fully saturated rings. The van der Waals surface area contributed by atoms with Crippen LogP contribution in [0.2, 0.25) is 5.28 Å². The quantitative estimate of drug-likeness (QED) is 0.832. The molecule has 0 spiro atoms. The van der Waals surface area contributed by atoms with Gasteiger partial charge in [-0.15, -0.1) is 0 Å². The Balaban J connectivity index is 1.94. The maximum Gasteiger partial charge on any atom is 0.241 e. The summed E-state index contributed by atoms with van der Waals surface area (Å²) in [6.07, 6.45) is 5.12. The number of piperidine rings is 1. The van der Waals surface area contributed by atoms with E-state index in [0.717, 1.165) is 13.0 Å². The number of nitrogens with zero attached hydrogens (tertiary/aromatic N) is 3. The first-order valence-corrected chi connectivity index (χ1v) is 6.15. The number of likely N-dealkylation sites (N-methyl/N-ethyl adjacent to an activating group) is 1. The van der Waals surface area contributed by atoms with E-state index < -0.39 is 0 Å². The van der Waals surface area contributed by atoms with Crippen LogP contribution < -0.4 is 10.5 Å². The molecule has 0 saturated carbocycles. The lowest BCUT2D eigenvalue weighted by Gasteiger charge is -2.32. The molecule has 0 amide bonds. The molecule has 1 aliphatic rings. The summed E-state index contributed by atoms with van der Waals surface area (Å²) >= 11 is 5.70. The molecule has 2 rings (SSSR count). The van der Waals surface area contributed by atoms with E-state index in [1.165, 1.54) is 19.0 Å². The standard InChI is InChI=1S/C11H17ClN4O/c1-16-5-3-2-4-8(16)7-17-10-9(13)6-14-11(12)15-10/h6,8H,2-5,7,13H2,1H3. The van der Waals surface area contributed by atoms with E-state index in [2.05, 4.69) is 21.9 Å². The Morgan fingerprint density at radius 1 is 1.59 bits per heavy atom. The van der Waals surface area contributed by atoms with Gasteiger partial charge in [0.25, 0.3) is 0 Å². The van der Waals surface area contributed by atoms with Crippen molar-refractivity contribution in [2.24, 2.45) is 0 Å². The normalized spacial score (nSPS) is 21.4. The van der Waals surface area contributed by atoms with E-state index in [4.69, 9.17) is 22.1 Å². The molecular formula is C11H17ClN4O. The third-order valence-corrected chi connectivity index (χ3v) is 3.27. The third kappa shape index (κ3) is 3.20. The number of hydrogen-bond donors (Lipinski definition) is 1. The average Bonchev–Trinajstić information content (AvgIpc) is 2.32. The Kier molecular flexibility index (Phi) is 4.02. The van der Waals surface area contributed by atoms with Crippen molar-refractivity contribution in [3.8, 4) is 5.88 Å². The van der Waals surface area contributed by atoms with E-state index >= 15 is 0 Å². The van der Waals surface area contributed by atoms with Gasteiger partial charge < -0.3 is 15.4 Å². The van der Waals surface area contributed by atoms with Crippen LogP contribution >= 0.6 is 11.6 Å². The highest BCUT2D eigenvalue weighted by Gasteiger charge is 2.20. The number of nitrogens with two attached hydrogens (primary N) is 1. The molecule has 5 nitrogen and oxygen atoms in total. The lowest BCUT2D eigenvalue weighted by Crippen LogP contribution is -2.40. The Labute approximate surface area is 106 Å². The lowest BCUT2D eigenvalue weighted by molar-refractivity contribution is 0.123. The van der Waals surface area contributed by atoms with E-state index in [9.17, 15) is 0 Å². The van der Waals surface area contributed by atoms with Crippen LogP contribution in [0.5, 0.6) is 5.88 Å². The van der Waals surface area contributed by atoms with Gasteiger partial charge in [0, 0.05) is 6.04 Å². The summed E-state index contributed by atoms with van der Waals surface area (Å²) in [4.78, 5) is 10.1. The largest absolute Gasteiger partial charge is 0.474 e. The van der Waals surface area contributed by atoms with Gasteiger partial charge in [-0.2, -0.15) is 4.98 Å². The molecule has 1 aromatic rings. The van der Waals surface area contributed by atoms with Gasteiger partial charge in [0.2, 0.25) is 11.2 Å². The molecule has 2 heterocycles. The fourth-order valence-electron chi connectivity index (χ4n) is 2.00. The second kappa shape index (κ2) is 5.51. The number of halogens is 1. The zero-order valence-corrected chi connectivity index (χ0v) is 10.7. The van der Waals surface area contributed by atoms with Crippen molar-refractivity contribution in [1.29, 1.82) is 0 Å². The minimum atomic E-state index is 0.159. The fraction of sp³-hybridized carbons (Fsp3) is 0.636. The van der Waals surface area contributed by atoms with Gasteiger partial charge in [0.15, 0.2) is 0 Å². The van der Waals surface area contributed by atoms with E-state index in [-0.39, 0.29) is 5.28 Å². The predicted octanol–water partition coefficient (Wildman–Crippen LogP) is 1.58. The molecule has 1 unspecified atom stereocenters. The first-order chi connectivity index (χ1) is 8.16. The van der Waals surface area contributed by atoms with Gasteiger partial charge in [0.05, 0.1) is 6.20 Å². The number of rotatable bonds is 3. The van der Waals surface area contributed by atoms with Crippen LogP contribution in [-0.2, 0) is 0 Å². The van der Waals surface area contributed by atoms with Crippen molar-refractivity contribution in [2.45, 2.75) is 25.3 Å². The summed E-state index contributed by atoms with van der Waals surface area (Å²) in [5, 5.41) is 0.159. The van der Waals surface area contributed by atoms with Crippen LogP contribution in [0.15, 0.2) is 6.20 Å². The Bertz CT molecular complexity index is 388. The van der Waals surface area contributed by atoms with E-state index in [1.807, 2.05) is 0 Å². The molecule has 1 aliphatic heterocycles. The van der Waals surface area contributed by atoms with Crippen molar-refractivity contribution in [3.63, 3.8) is 0 Å². The third-order valence-electron chi connectivity index (χ3n) is 3.08. The maximum absolute atomic E-state index is 5.72. The zero-order chi connectivity index (χ0) is 12.3. The number of nitrogen functional groups attached to an aromatic ring is 1. The molecule has 1 atom stereocenters. The number of aromatic nitrogens is 2. The summed E-state index contributed by atoms with van der Waals surface area (Å²) in [6, 6.07) is 0.428. The minimum absolute atomic E-state index is 0.159. The van der Waals surface area contributed by atoms with Gasteiger partial charge in [-0.1, -0.05) is 6.42 Å². The molecule has 0 radical (unpaired) electrons. The number of likely N-dealkylation sites (tertiary alicyclic amines) is 1. The number of hydrogen-bond acceptors (Lipinski definition) is 5. The molecular weight excluding hydrogens is 240 g/mol.